The van der Waals surface area contributed by atoms with Gasteiger partial charge in [-0.15, -0.1) is 0 Å². The lowest BCUT2D eigenvalue weighted by molar-refractivity contribution is -0.130. The lowest BCUT2D eigenvalue weighted by Gasteiger charge is -2.23. The zero-order valence-electron chi connectivity index (χ0n) is 15.5. The normalized spacial score (nSPS) is 17.5. The van der Waals surface area contributed by atoms with Crippen molar-refractivity contribution in [3.8, 4) is 0 Å². The standard InChI is InChI=1S/C19H22F2N4O3/c1-23-17(4-5-22-23)19(28)25-7-6-24(10-14(11-25)12-26)18(27)9-13-2-3-15(20)16(21)8-13/h2-5,8,14,26H,6-7,9-12H2,1H3. The Labute approximate surface area is 161 Å². The molecule has 3 rings (SSSR count). The summed E-state index contributed by atoms with van der Waals surface area (Å²) in [4.78, 5) is 28.5. The summed E-state index contributed by atoms with van der Waals surface area (Å²) in [5.41, 5.74) is 0.801. The van der Waals surface area contributed by atoms with Gasteiger partial charge in [0.25, 0.3) is 5.91 Å². The average Bonchev–Trinajstić information content (AvgIpc) is 2.98. The van der Waals surface area contributed by atoms with Crippen molar-refractivity contribution in [2.24, 2.45) is 13.0 Å². The summed E-state index contributed by atoms with van der Waals surface area (Å²) in [6, 6.07) is 4.99. The summed E-state index contributed by atoms with van der Waals surface area (Å²) in [6.45, 7) is 1.03. The number of rotatable bonds is 4. The van der Waals surface area contributed by atoms with Gasteiger partial charge in [-0.1, -0.05) is 6.07 Å². The van der Waals surface area contributed by atoms with Crippen LogP contribution in [0.15, 0.2) is 30.5 Å². The number of aliphatic hydroxyl groups excluding tert-OH is 1. The fourth-order valence-corrected chi connectivity index (χ4v) is 3.31. The molecule has 1 unspecified atom stereocenters. The maximum absolute atomic E-state index is 13.4. The number of nitrogens with zero attached hydrogens (tertiary/aromatic N) is 4. The van der Waals surface area contributed by atoms with Crippen molar-refractivity contribution in [2.75, 3.05) is 32.8 Å². The molecule has 1 aliphatic rings. The Kier molecular flexibility index (Phi) is 6.03. The Morgan fingerprint density at radius 3 is 2.50 bits per heavy atom. The van der Waals surface area contributed by atoms with Crippen LogP contribution >= 0.6 is 0 Å². The first-order valence-electron chi connectivity index (χ1n) is 8.99. The minimum absolute atomic E-state index is 0.0783. The van der Waals surface area contributed by atoms with Crippen LogP contribution in [-0.2, 0) is 18.3 Å². The molecule has 1 aliphatic heterocycles. The van der Waals surface area contributed by atoms with E-state index in [1.54, 1.807) is 22.9 Å². The molecular weight excluding hydrogens is 370 g/mol. The molecule has 0 radical (unpaired) electrons. The van der Waals surface area contributed by atoms with Crippen molar-refractivity contribution in [1.82, 2.24) is 19.6 Å². The van der Waals surface area contributed by atoms with E-state index in [9.17, 15) is 23.5 Å². The van der Waals surface area contributed by atoms with Crippen LogP contribution < -0.4 is 0 Å². The number of carbonyl (C=O) groups is 2. The highest BCUT2D eigenvalue weighted by atomic mass is 19.2. The van der Waals surface area contributed by atoms with E-state index in [4.69, 9.17) is 0 Å². The van der Waals surface area contributed by atoms with Crippen LogP contribution in [0.4, 0.5) is 8.78 Å². The quantitative estimate of drug-likeness (QED) is 0.836. The molecule has 0 saturated carbocycles. The number of amides is 2. The van der Waals surface area contributed by atoms with E-state index in [2.05, 4.69) is 5.10 Å². The largest absolute Gasteiger partial charge is 0.396 e. The molecule has 0 aliphatic carbocycles. The van der Waals surface area contributed by atoms with Gasteiger partial charge in [-0.25, -0.2) is 8.78 Å². The summed E-state index contributed by atoms with van der Waals surface area (Å²) in [5, 5.41) is 13.7. The first-order valence-corrected chi connectivity index (χ1v) is 8.99. The van der Waals surface area contributed by atoms with E-state index < -0.39 is 11.6 Å². The van der Waals surface area contributed by atoms with E-state index in [1.807, 2.05) is 0 Å². The molecular formula is C19H22F2N4O3. The van der Waals surface area contributed by atoms with Crippen molar-refractivity contribution in [1.29, 1.82) is 0 Å². The molecule has 1 N–H and O–H groups in total. The third-order valence-corrected chi connectivity index (χ3v) is 4.87. The van der Waals surface area contributed by atoms with Crippen molar-refractivity contribution in [3.05, 3.63) is 53.4 Å². The van der Waals surface area contributed by atoms with Crippen LogP contribution in [0, 0.1) is 17.6 Å². The second-order valence-electron chi connectivity index (χ2n) is 6.90. The highest BCUT2D eigenvalue weighted by molar-refractivity contribution is 5.92. The predicted molar refractivity (Wildman–Crippen MR) is 96.3 cm³/mol. The Bertz CT molecular complexity index is 871. The molecule has 150 valence electrons. The van der Waals surface area contributed by atoms with Gasteiger partial charge in [-0.3, -0.25) is 14.3 Å². The third-order valence-electron chi connectivity index (χ3n) is 4.87. The monoisotopic (exact) mass is 392 g/mol. The maximum Gasteiger partial charge on any atom is 0.272 e. The van der Waals surface area contributed by atoms with Gasteiger partial charge in [0.2, 0.25) is 5.91 Å². The molecule has 1 aromatic heterocycles. The van der Waals surface area contributed by atoms with Gasteiger partial charge in [-0.2, -0.15) is 5.10 Å². The SMILES string of the molecule is Cn1nccc1C(=O)N1CCN(C(=O)Cc2ccc(F)c(F)c2)CC(CO)C1. The topological polar surface area (TPSA) is 78.7 Å². The Balaban J connectivity index is 1.70. The number of aromatic nitrogens is 2. The van der Waals surface area contributed by atoms with Crippen molar-refractivity contribution >= 4 is 11.8 Å². The molecule has 2 amide bonds. The van der Waals surface area contributed by atoms with Gasteiger partial charge < -0.3 is 14.9 Å². The maximum atomic E-state index is 13.4. The van der Waals surface area contributed by atoms with E-state index in [0.29, 0.717) is 30.9 Å². The molecule has 2 heterocycles. The molecule has 2 aromatic rings. The minimum Gasteiger partial charge on any atom is -0.396 e. The number of hydrogen-bond donors (Lipinski definition) is 1. The molecule has 1 aromatic carbocycles. The third kappa shape index (κ3) is 4.36. The van der Waals surface area contributed by atoms with E-state index in [1.165, 1.54) is 16.9 Å². The number of halogens is 2. The second-order valence-corrected chi connectivity index (χ2v) is 6.90. The Hall–Kier alpha value is -2.81. The number of aliphatic hydroxyl groups is 1. The summed E-state index contributed by atoms with van der Waals surface area (Å²) < 4.78 is 27.9. The molecule has 28 heavy (non-hydrogen) atoms. The van der Waals surface area contributed by atoms with Crippen LogP contribution in [0.2, 0.25) is 0 Å². The van der Waals surface area contributed by atoms with Crippen LogP contribution in [0.1, 0.15) is 16.1 Å². The van der Waals surface area contributed by atoms with Crippen molar-refractivity contribution in [3.63, 3.8) is 0 Å². The van der Waals surface area contributed by atoms with Crippen LogP contribution in [0.5, 0.6) is 0 Å². The highest BCUT2D eigenvalue weighted by Gasteiger charge is 2.29. The predicted octanol–water partition coefficient (Wildman–Crippen LogP) is 0.834. The zero-order valence-corrected chi connectivity index (χ0v) is 15.5. The average molecular weight is 392 g/mol. The molecule has 1 fully saturated rings. The summed E-state index contributed by atoms with van der Waals surface area (Å²) in [6.07, 6.45) is 1.46. The molecule has 1 atom stereocenters. The second kappa shape index (κ2) is 8.47. The van der Waals surface area contributed by atoms with Gasteiger partial charge in [0, 0.05) is 51.9 Å². The molecule has 1 saturated heterocycles. The smallest absolute Gasteiger partial charge is 0.272 e. The lowest BCUT2D eigenvalue weighted by Crippen LogP contribution is -2.38. The van der Waals surface area contributed by atoms with Crippen LogP contribution in [0.25, 0.3) is 0 Å². The number of aryl methyl sites for hydroxylation is 1. The van der Waals surface area contributed by atoms with E-state index in [-0.39, 0.29) is 37.3 Å². The van der Waals surface area contributed by atoms with E-state index in [0.717, 1.165) is 12.1 Å². The van der Waals surface area contributed by atoms with Gasteiger partial charge in [0.1, 0.15) is 5.69 Å². The minimum atomic E-state index is -0.998. The van der Waals surface area contributed by atoms with Crippen LogP contribution in [-0.4, -0.2) is 69.3 Å². The molecule has 7 nitrogen and oxygen atoms in total. The van der Waals surface area contributed by atoms with Gasteiger partial charge in [-0.05, 0) is 23.8 Å². The fourth-order valence-electron chi connectivity index (χ4n) is 3.31. The number of benzene rings is 1. The Morgan fingerprint density at radius 2 is 1.86 bits per heavy atom. The van der Waals surface area contributed by atoms with E-state index >= 15 is 0 Å². The molecule has 0 bridgehead atoms. The number of hydrogen-bond acceptors (Lipinski definition) is 4. The number of carbonyl (C=O) groups excluding carboxylic acids is 2. The summed E-state index contributed by atoms with van der Waals surface area (Å²) >= 11 is 0. The fraction of sp³-hybridized carbons (Fsp3) is 0.421. The molecule has 9 heteroatoms. The first-order chi connectivity index (χ1) is 13.4. The first kappa shape index (κ1) is 19.9. The zero-order chi connectivity index (χ0) is 20.3. The van der Waals surface area contributed by atoms with Crippen LogP contribution in [0.3, 0.4) is 0 Å². The summed E-state index contributed by atoms with van der Waals surface area (Å²) in [7, 11) is 1.67. The van der Waals surface area contributed by atoms with Gasteiger partial charge in [0.05, 0.1) is 6.42 Å². The Morgan fingerprint density at radius 1 is 1.14 bits per heavy atom. The van der Waals surface area contributed by atoms with Crippen molar-refractivity contribution in [2.45, 2.75) is 6.42 Å². The molecule has 0 spiro atoms. The highest BCUT2D eigenvalue weighted by Crippen LogP contribution is 2.15. The summed E-state index contributed by atoms with van der Waals surface area (Å²) in [5.74, 6) is -2.74. The van der Waals surface area contributed by atoms with Gasteiger partial charge >= 0.3 is 0 Å². The van der Waals surface area contributed by atoms with Crippen molar-refractivity contribution < 1.29 is 23.5 Å². The van der Waals surface area contributed by atoms with Gasteiger partial charge in [0.15, 0.2) is 11.6 Å². The lowest BCUT2D eigenvalue weighted by atomic mass is 10.1.